The number of hydrogen-bond donors (Lipinski definition) is 1. The highest BCUT2D eigenvalue weighted by Gasteiger charge is 2.41. The van der Waals surface area contributed by atoms with Crippen LogP contribution < -0.4 is 9.03 Å². The SMILES string of the molecule is CC1(C)CN(c2cnc(-c3ccc(F)cc3)c(-c3ccncc3Cl)n2)S(=O)(=O)N1. The van der Waals surface area contributed by atoms with E-state index in [4.69, 9.17) is 11.6 Å². The molecule has 1 aliphatic rings. The number of aromatic nitrogens is 3. The zero-order chi connectivity index (χ0) is 20.8. The molecule has 0 radical (unpaired) electrons. The predicted molar refractivity (Wildman–Crippen MR) is 109 cm³/mol. The van der Waals surface area contributed by atoms with E-state index in [2.05, 4.69) is 19.7 Å². The van der Waals surface area contributed by atoms with Crippen LogP contribution in [-0.4, -0.2) is 35.5 Å². The molecule has 1 aromatic carbocycles. The van der Waals surface area contributed by atoms with Crippen molar-refractivity contribution in [3.8, 4) is 22.5 Å². The number of rotatable bonds is 3. The number of benzene rings is 1. The summed E-state index contributed by atoms with van der Waals surface area (Å²) in [5.41, 5.74) is 1.34. The van der Waals surface area contributed by atoms with Crippen LogP contribution in [0.5, 0.6) is 0 Å². The summed E-state index contributed by atoms with van der Waals surface area (Å²) in [4.78, 5) is 13.0. The molecule has 0 amide bonds. The van der Waals surface area contributed by atoms with E-state index in [0.29, 0.717) is 27.5 Å². The molecule has 0 atom stereocenters. The summed E-state index contributed by atoms with van der Waals surface area (Å²) in [6.45, 7) is 3.76. The van der Waals surface area contributed by atoms with E-state index in [1.807, 2.05) is 0 Å². The number of hydrogen-bond acceptors (Lipinski definition) is 5. The van der Waals surface area contributed by atoms with Crippen molar-refractivity contribution in [1.29, 1.82) is 0 Å². The van der Waals surface area contributed by atoms with Crippen molar-refractivity contribution in [2.75, 3.05) is 10.8 Å². The van der Waals surface area contributed by atoms with Crippen molar-refractivity contribution in [1.82, 2.24) is 19.7 Å². The van der Waals surface area contributed by atoms with Gasteiger partial charge >= 0.3 is 10.2 Å². The van der Waals surface area contributed by atoms with Crippen LogP contribution in [0, 0.1) is 5.82 Å². The minimum atomic E-state index is -3.75. The van der Waals surface area contributed by atoms with Gasteiger partial charge in [-0.1, -0.05) is 11.6 Å². The summed E-state index contributed by atoms with van der Waals surface area (Å²) in [7, 11) is -3.75. The molecule has 0 bridgehead atoms. The third kappa shape index (κ3) is 3.81. The van der Waals surface area contributed by atoms with Gasteiger partial charge < -0.3 is 0 Å². The van der Waals surface area contributed by atoms with Crippen molar-refractivity contribution < 1.29 is 12.8 Å². The zero-order valence-electron chi connectivity index (χ0n) is 15.6. The summed E-state index contributed by atoms with van der Waals surface area (Å²) >= 11 is 6.32. The van der Waals surface area contributed by atoms with Crippen LogP contribution in [0.3, 0.4) is 0 Å². The summed E-state index contributed by atoms with van der Waals surface area (Å²) in [6, 6.07) is 7.47. The Balaban J connectivity index is 1.91. The number of nitrogens with zero attached hydrogens (tertiary/aromatic N) is 4. The van der Waals surface area contributed by atoms with Crippen molar-refractivity contribution in [3.63, 3.8) is 0 Å². The van der Waals surface area contributed by atoms with E-state index in [1.54, 1.807) is 38.2 Å². The third-order valence-corrected chi connectivity index (χ3v) is 6.40. The molecule has 0 unspecified atom stereocenters. The van der Waals surface area contributed by atoms with E-state index in [1.165, 1.54) is 28.8 Å². The Kier molecular flexibility index (Phi) is 4.76. The standard InChI is InChI=1S/C19H17ClFN5O2S/c1-19(2)11-26(29(27,28)25-19)16-10-23-17(12-3-5-13(21)6-4-12)18(24-16)14-7-8-22-9-15(14)20/h3-10,25H,11H2,1-2H3. The molecule has 1 saturated heterocycles. The molecule has 4 rings (SSSR count). The first-order valence-corrected chi connectivity index (χ1v) is 10.5. The van der Waals surface area contributed by atoms with E-state index in [-0.39, 0.29) is 18.2 Å². The van der Waals surface area contributed by atoms with Gasteiger partial charge in [0.1, 0.15) is 11.5 Å². The molecule has 150 valence electrons. The van der Waals surface area contributed by atoms with Crippen molar-refractivity contribution >= 4 is 27.6 Å². The smallest absolute Gasteiger partial charge is 0.263 e. The van der Waals surface area contributed by atoms with Crippen LogP contribution in [0.25, 0.3) is 22.5 Å². The van der Waals surface area contributed by atoms with Crippen LogP contribution in [0.4, 0.5) is 10.2 Å². The fourth-order valence-corrected chi connectivity index (χ4v) is 5.07. The van der Waals surface area contributed by atoms with Crippen LogP contribution in [0.1, 0.15) is 13.8 Å². The molecular formula is C19H17ClFN5O2S. The first-order chi connectivity index (χ1) is 13.7. The van der Waals surface area contributed by atoms with Gasteiger partial charge in [0.15, 0.2) is 5.82 Å². The van der Waals surface area contributed by atoms with E-state index in [9.17, 15) is 12.8 Å². The third-order valence-electron chi connectivity index (χ3n) is 4.39. The second kappa shape index (κ2) is 7.01. The lowest BCUT2D eigenvalue weighted by atomic mass is 10.0. The first kappa shape index (κ1) is 19.7. The van der Waals surface area contributed by atoms with Gasteiger partial charge in [-0.15, -0.1) is 0 Å². The highest BCUT2D eigenvalue weighted by Crippen LogP contribution is 2.35. The maximum atomic E-state index is 13.4. The second-order valence-electron chi connectivity index (χ2n) is 7.29. The Hall–Kier alpha value is -2.62. The summed E-state index contributed by atoms with van der Waals surface area (Å²) < 4.78 is 42.2. The van der Waals surface area contributed by atoms with Gasteiger partial charge in [0, 0.05) is 29.1 Å². The summed E-state index contributed by atoms with van der Waals surface area (Å²) in [5, 5.41) is 0.338. The highest BCUT2D eigenvalue weighted by atomic mass is 35.5. The number of halogens is 2. The molecular weight excluding hydrogens is 417 g/mol. The van der Waals surface area contributed by atoms with Crippen molar-refractivity contribution in [2.24, 2.45) is 0 Å². The Bertz CT molecular complexity index is 1190. The average molecular weight is 434 g/mol. The number of pyridine rings is 1. The van der Waals surface area contributed by atoms with E-state index < -0.39 is 15.7 Å². The van der Waals surface area contributed by atoms with Gasteiger partial charge in [0.05, 0.1) is 23.5 Å². The minimum Gasteiger partial charge on any atom is -0.263 e. The Morgan fingerprint density at radius 1 is 1.14 bits per heavy atom. The Morgan fingerprint density at radius 3 is 2.48 bits per heavy atom. The molecule has 29 heavy (non-hydrogen) atoms. The quantitative estimate of drug-likeness (QED) is 0.683. The fourth-order valence-electron chi connectivity index (χ4n) is 3.16. The van der Waals surface area contributed by atoms with Crippen LogP contribution in [0.2, 0.25) is 5.02 Å². The molecule has 1 aliphatic heterocycles. The average Bonchev–Trinajstić information content (AvgIpc) is 2.89. The maximum absolute atomic E-state index is 13.4. The molecule has 2 aromatic heterocycles. The summed E-state index contributed by atoms with van der Waals surface area (Å²) in [6.07, 6.45) is 4.41. The van der Waals surface area contributed by atoms with Gasteiger partial charge in [-0.2, -0.15) is 13.1 Å². The Labute approximate surface area is 172 Å². The van der Waals surface area contributed by atoms with Crippen LogP contribution in [-0.2, 0) is 10.2 Å². The normalized spacial score (nSPS) is 17.4. The molecule has 10 heteroatoms. The zero-order valence-corrected chi connectivity index (χ0v) is 17.2. The van der Waals surface area contributed by atoms with Crippen molar-refractivity contribution in [3.05, 3.63) is 59.8 Å². The van der Waals surface area contributed by atoms with Gasteiger partial charge in [-0.3, -0.25) is 9.97 Å². The molecule has 3 heterocycles. The van der Waals surface area contributed by atoms with Crippen molar-refractivity contribution in [2.45, 2.75) is 19.4 Å². The molecule has 1 fully saturated rings. The number of anilines is 1. The number of nitrogens with one attached hydrogen (secondary N) is 1. The van der Waals surface area contributed by atoms with Gasteiger partial charge in [0.2, 0.25) is 0 Å². The monoisotopic (exact) mass is 433 g/mol. The maximum Gasteiger partial charge on any atom is 0.303 e. The fraction of sp³-hybridized carbons (Fsp3) is 0.211. The Morgan fingerprint density at radius 2 is 1.86 bits per heavy atom. The molecule has 0 aliphatic carbocycles. The van der Waals surface area contributed by atoms with E-state index >= 15 is 0 Å². The summed E-state index contributed by atoms with van der Waals surface area (Å²) in [5.74, 6) is -0.213. The molecule has 1 N–H and O–H groups in total. The molecule has 3 aromatic rings. The van der Waals surface area contributed by atoms with Crippen LogP contribution >= 0.6 is 11.6 Å². The first-order valence-electron chi connectivity index (χ1n) is 8.71. The second-order valence-corrected chi connectivity index (χ2v) is 9.29. The van der Waals surface area contributed by atoms with Gasteiger partial charge in [-0.25, -0.2) is 13.7 Å². The predicted octanol–water partition coefficient (Wildman–Crippen LogP) is 3.43. The molecule has 0 saturated carbocycles. The lowest BCUT2D eigenvalue weighted by Gasteiger charge is -2.18. The lowest BCUT2D eigenvalue weighted by molar-refractivity contribution is 0.508. The molecule has 7 nitrogen and oxygen atoms in total. The largest absolute Gasteiger partial charge is 0.303 e. The van der Waals surface area contributed by atoms with E-state index in [0.717, 1.165) is 0 Å². The van der Waals surface area contributed by atoms with Crippen LogP contribution in [0.15, 0.2) is 48.9 Å². The lowest BCUT2D eigenvalue weighted by Crippen LogP contribution is -2.36. The minimum absolute atomic E-state index is 0.164. The van der Waals surface area contributed by atoms with Gasteiger partial charge in [-0.05, 0) is 44.2 Å². The van der Waals surface area contributed by atoms with Gasteiger partial charge in [0.25, 0.3) is 0 Å². The highest BCUT2D eigenvalue weighted by molar-refractivity contribution is 7.91. The topological polar surface area (TPSA) is 88.1 Å². The molecule has 0 spiro atoms.